The Hall–Kier alpha value is -3.39. The van der Waals surface area contributed by atoms with Gasteiger partial charge in [0.1, 0.15) is 18.8 Å². The molecule has 8 heteroatoms. The number of nitrogens with zero attached hydrogens (tertiary/aromatic N) is 3. The van der Waals surface area contributed by atoms with Crippen molar-refractivity contribution in [3.05, 3.63) is 65.7 Å². The first-order chi connectivity index (χ1) is 14.3. The van der Waals surface area contributed by atoms with Crippen molar-refractivity contribution in [3.63, 3.8) is 0 Å². The number of benzene rings is 1. The SMILES string of the molecule is CCOC(=O)c1cnn(-c2ccc3c(c2)OCCO3)c1CNCc1cccnc1. The fraction of sp³-hybridized carbons (Fsp3) is 0.286. The Morgan fingerprint density at radius 2 is 2.03 bits per heavy atom. The molecule has 1 aromatic carbocycles. The van der Waals surface area contributed by atoms with Crippen LogP contribution in [0.25, 0.3) is 5.69 Å². The van der Waals surface area contributed by atoms with Crippen LogP contribution in [0.4, 0.5) is 0 Å². The number of esters is 1. The van der Waals surface area contributed by atoms with E-state index in [2.05, 4.69) is 15.4 Å². The van der Waals surface area contributed by atoms with E-state index in [0.29, 0.717) is 55.7 Å². The Balaban J connectivity index is 1.62. The van der Waals surface area contributed by atoms with E-state index in [-0.39, 0.29) is 0 Å². The lowest BCUT2D eigenvalue weighted by Crippen LogP contribution is -2.19. The summed E-state index contributed by atoms with van der Waals surface area (Å²) in [6.07, 6.45) is 5.08. The molecule has 29 heavy (non-hydrogen) atoms. The van der Waals surface area contributed by atoms with Crippen LogP contribution in [-0.4, -0.2) is 40.6 Å². The maximum absolute atomic E-state index is 12.4. The minimum atomic E-state index is -0.394. The zero-order chi connectivity index (χ0) is 20.1. The fourth-order valence-corrected chi connectivity index (χ4v) is 3.14. The van der Waals surface area contributed by atoms with Crippen LogP contribution < -0.4 is 14.8 Å². The van der Waals surface area contributed by atoms with Crippen LogP contribution in [0.5, 0.6) is 11.5 Å². The first-order valence-corrected chi connectivity index (χ1v) is 9.50. The van der Waals surface area contributed by atoms with Crippen molar-refractivity contribution in [2.45, 2.75) is 20.0 Å². The Morgan fingerprint density at radius 3 is 2.83 bits per heavy atom. The quantitative estimate of drug-likeness (QED) is 0.616. The van der Waals surface area contributed by atoms with E-state index >= 15 is 0 Å². The highest BCUT2D eigenvalue weighted by Gasteiger charge is 2.21. The van der Waals surface area contributed by atoms with Crippen LogP contribution in [0.15, 0.2) is 48.9 Å². The lowest BCUT2D eigenvalue weighted by atomic mass is 10.2. The summed E-state index contributed by atoms with van der Waals surface area (Å²) >= 11 is 0. The number of ether oxygens (including phenoxy) is 3. The molecule has 0 spiro atoms. The van der Waals surface area contributed by atoms with Crippen molar-refractivity contribution in [2.24, 2.45) is 0 Å². The molecule has 0 saturated heterocycles. The average Bonchev–Trinajstić information content (AvgIpc) is 3.18. The number of aromatic nitrogens is 3. The summed E-state index contributed by atoms with van der Waals surface area (Å²) in [6, 6.07) is 9.48. The third-order valence-corrected chi connectivity index (χ3v) is 4.48. The van der Waals surface area contributed by atoms with Gasteiger partial charge in [-0.25, -0.2) is 9.48 Å². The molecule has 3 aromatic rings. The van der Waals surface area contributed by atoms with E-state index in [1.54, 1.807) is 24.0 Å². The van der Waals surface area contributed by atoms with Gasteiger partial charge in [0.25, 0.3) is 0 Å². The molecule has 8 nitrogen and oxygen atoms in total. The van der Waals surface area contributed by atoms with Crippen molar-refractivity contribution in [1.82, 2.24) is 20.1 Å². The van der Waals surface area contributed by atoms with E-state index in [1.165, 1.54) is 6.20 Å². The van der Waals surface area contributed by atoms with E-state index in [4.69, 9.17) is 14.2 Å². The molecule has 1 aliphatic heterocycles. The molecule has 150 valence electrons. The highest BCUT2D eigenvalue weighted by molar-refractivity contribution is 5.90. The number of nitrogens with one attached hydrogen (secondary N) is 1. The van der Waals surface area contributed by atoms with Gasteiger partial charge in [-0.05, 0) is 30.7 Å². The number of hydrogen-bond donors (Lipinski definition) is 1. The normalized spacial score (nSPS) is 12.6. The molecule has 0 unspecified atom stereocenters. The van der Waals surface area contributed by atoms with Gasteiger partial charge in [-0.15, -0.1) is 0 Å². The number of carbonyl (C=O) groups excluding carboxylic acids is 1. The lowest BCUT2D eigenvalue weighted by molar-refractivity contribution is 0.0525. The van der Waals surface area contributed by atoms with E-state index in [9.17, 15) is 4.79 Å². The number of carbonyl (C=O) groups is 1. The van der Waals surface area contributed by atoms with Gasteiger partial charge < -0.3 is 19.5 Å². The molecular weight excluding hydrogens is 372 g/mol. The number of fused-ring (bicyclic) bond motifs is 1. The standard InChI is InChI=1S/C21H22N4O4/c1-2-27-21(26)17-13-24-25(16-5-6-19-20(10-16)29-9-8-28-19)18(17)14-23-12-15-4-3-7-22-11-15/h3-7,10-11,13,23H,2,8-9,12,14H2,1H3. The van der Waals surface area contributed by atoms with Gasteiger partial charge in [-0.2, -0.15) is 5.10 Å². The summed E-state index contributed by atoms with van der Waals surface area (Å²) in [6.45, 7) is 4.16. The number of hydrogen-bond acceptors (Lipinski definition) is 7. The van der Waals surface area contributed by atoms with Gasteiger partial charge in [0.2, 0.25) is 0 Å². The predicted octanol–water partition coefficient (Wildman–Crippen LogP) is 2.51. The highest BCUT2D eigenvalue weighted by Crippen LogP contribution is 2.32. The molecule has 0 radical (unpaired) electrons. The van der Waals surface area contributed by atoms with Crippen molar-refractivity contribution in [2.75, 3.05) is 19.8 Å². The molecule has 4 rings (SSSR count). The van der Waals surface area contributed by atoms with Crippen molar-refractivity contribution in [3.8, 4) is 17.2 Å². The van der Waals surface area contributed by atoms with Crippen LogP contribution in [0, 0.1) is 0 Å². The summed E-state index contributed by atoms with van der Waals surface area (Å²) in [4.78, 5) is 16.5. The largest absolute Gasteiger partial charge is 0.486 e. The van der Waals surface area contributed by atoms with Crippen LogP contribution in [0.1, 0.15) is 28.5 Å². The minimum Gasteiger partial charge on any atom is -0.486 e. The predicted molar refractivity (Wildman–Crippen MR) is 105 cm³/mol. The topological polar surface area (TPSA) is 87.5 Å². The molecule has 0 fully saturated rings. The van der Waals surface area contributed by atoms with Gasteiger partial charge in [-0.3, -0.25) is 4.98 Å². The molecule has 1 N–H and O–H groups in total. The third kappa shape index (κ3) is 4.22. The Bertz CT molecular complexity index is 988. The summed E-state index contributed by atoms with van der Waals surface area (Å²) < 4.78 is 18.2. The summed E-state index contributed by atoms with van der Waals surface area (Å²) in [7, 11) is 0. The zero-order valence-corrected chi connectivity index (χ0v) is 16.1. The monoisotopic (exact) mass is 394 g/mol. The maximum Gasteiger partial charge on any atom is 0.341 e. The third-order valence-electron chi connectivity index (χ3n) is 4.48. The zero-order valence-electron chi connectivity index (χ0n) is 16.1. The first kappa shape index (κ1) is 18.9. The van der Waals surface area contributed by atoms with Crippen molar-refractivity contribution < 1.29 is 19.0 Å². The summed E-state index contributed by atoms with van der Waals surface area (Å²) in [5, 5.41) is 7.78. The van der Waals surface area contributed by atoms with Crippen LogP contribution in [-0.2, 0) is 17.8 Å². The molecule has 0 bridgehead atoms. The molecule has 0 saturated carbocycles. The Morgan fingerprint density at radius 1 is 1.17 bits per heavy atom. The van der Waals surface area contributed by atoms with Crippen LogP contribution in [0.2, 0.25) is 0 Å². The van der Waals surface area contributed by atoms with Crippen LogP contribution >= 0.6 is 0 Å². The van der Waals surface area contributed by atoms with E-state index in [0.717, 1.165) is 11.3 Å². The minimum absolute atomic E-state index is 0.302. The van der Waals surface area contributed by atoms with Gasteiger partial charge in [0.15, 0.2) is 11.5 Å². The molecular formula is C21H22N4O4. The lowest BCUT2D eigenvalue weighted by Gasteiger charge is -2.19. The summed E-state index contributed by atoms with van der Waals surface area (Å²) in [5.74, 6) is 0.972. The second-order valence-electron chi connectivity index (χ2n) is 6.43. The van der Waals surface area contributed by atoms with Crippen molar-refractivity contribution in [1.29, 1.82) is 0 Å². The smallest absolute Gasteiger partial charge is 0.341 e. The molecule has 0 atom stereocenters. The Labute approximate surface area is 168 Å². The van der Waals surface area contributed by atoms with Gasteiger partial charge in [0.05, 0.1) is 24.2 Å². The molecule has 2 aromatic heterocycles. The number of rotatable bonds is 7. The highest BCUT2D eigenvalue weighted by atomic mass is 16.6. The van der Waals surface area contributed by atoms with Crippen LogP contribution in [0.3, 0.4) is 0 Å². The maximum atomic E-state index is 12.4. The first-order valence-electron chi connectivity index (χ1n) is 9.50. The van der Waals surface area contributed by atoms with E-state index < -0.39 is 5.97 Å². The number of pyridine rings is 1. The van der Waals surface area contributed by atoms with Crippen molar-refractivity contribution >= 4 is 5.97 Å². The fourth-order valence-electron chi connectivity index (χ4n) is 3.14. The second kappa shape index (κ2) is 8.74. The van der Waals surface area contributed by atoms with Gasteiger partial charge in [-0.1, -0.05) is 6.07 Å². The average molecular weight is 394 g/mol. The van der Waals surface area contributed by atoms with Gasteiger partial charge in [0, 0.05) is 31.5 Å². The molecule has 0 aliphatic carbocycles. The second-order valence-corrected chi connectivity index (χ2v) is 6.43. The molecule has 3 heterocycles. The van der Waals surface area contributed by atoms with Gasteiger partial charge >= 0.3 is 5.97 Å². The molecule has 1 aliphatic rings. The summed E-state index contributed by atoms with van der Waals surface area (Å²) in [5.41, 5.74) is 2.97. The van der Waals surface area contributed by atoms with E-state index in [1.807, 2.05) is 30.3 Å². The molecule has 0 amide bonds. The Kier molecular flexibility index (Phi) is 5.71.